The summed E-state index contributed by atoms with van der Waals surface area (Å²) < 4.78 is 22.9. The normalized spacial score (nSPS) is 10.7. The Morgan fingerprint density at radius 2 is 2.00 bits per heavy atom. The molecular weight excluding hydrogens is 221 g/mol. The van der Waals surface area contributed by atoms with Crippen LogP contribution in [0.25, 0.3) is 0 Å². The highest BCUT2D eigenvalue weighted by Crippen LogP contribution is 2.17. The lowest BCUT2D eigenvalue weighted by atomic mass is 10.3. The molecule has 0 spiro atoms. The second-order valence-corrected chi connectivity index (χ2v) is 3.38. The molecule has 15 heavy (non-hydrogen) atoms. The number of benzene rings is 1. The summed E-state index contributed by atoms with van der Waals surface area (Å²) in [6, 6.07) is 4.23. The molecule has 0 aromatic heterocycles. The van der Waals surface area contributed by atoms with Gasteiger partial charge in [0, 0.05) is 24.9 Å². The van der Waals surface area contributed by atoms with Crippen LogP contribution < -0.4 is 5.32 Å². The van der Waals surface area contributed by atoms with Crippen LogP contribution in [0.4, 0.5) is 10.1 Å². The zero-order valence-electron chi connectivity index (χ0n) is 8.59. The summed E-state index contributed by atoms with van der Waals surface area (Å²) in [6.45, 7) is 0.423. The van der Waals surface area contributed by atoms with Crippen LogP contribution in [0.2, 0.25) is 5.02 Å². The molecule has 3 nitrogen and oxygen atoms in total. The summed E-state index contributed by atoms with van der Waals surface area (Å²) in [5, 5.41) is 3.30. The van der Waals surface area contributed by atoms with Crippen LogP contribution in [-0.2, 0) is 9.47 Å². The minimum absolute atomic E-state index is 0.351. The Morgan fingerprint density at radius 3 is 2.53 bits per heavy atom. The first-order valence-corrected chi connectivity index (χ1v) is 4.79. The van der Waals surface area contributed by atoms with Crippen LogP contribution in [-0.4, -0.2) is 27.1 Å². The van der Waals surface area contributed by atoms with Gasteiger partial charge in [0.25, 0.3) is 0 Å². The van der Waals surface area contributed by atoms with Gasteiger partial charge in [-0.3, -0.25) is 0 Å². The standard InChI is InChI=1S/C10H13ClFNO2/c1-14-10(15-2)6-13-9-4-7(11)3-8(12)5-9/h3-5,10,13H,6H2,1-2H3. The number of methoxy groups -OCH3 is 2. The average Bonchev–Trinajstić information content (AvgIpc) is 2.18. The molecule has 1 N–H and O–H groups in total. The molecule has 0 atom stereocenters. The fraction of sp³-hybridized carbons (Fsp3) is 0.400. The molecule has 0 aliphatic heterocycles. The average molecular weight is 234 g/mol. The summed E-state index contributed by atoms with van der Waals surface area (Å²) in [6.07, 6.45) is -0.368. The van der Waals surface area contributed by atoms with Gasteiger partial charge in [-0.15, -0.1) is 0 Å². The summed E-state index contributed by atoms with van der Waals surface area (Å²) in [7, 11) is 3.07. The largest absolute Gasteiger partial charge is 0.380 e. The third kappa shape index (κ3) is 4.03. The minimum Gasteiger partial charge on any atom is -0.380 e. The first kappa shape index (κ1) is 12.2. The summed E-state index contributed by atoms with van der Waals surface area (Å²) >= 11 is 5.69. The van der Waals surface area contributed by atoms with Crippen molar-refractivity contribution in [3.63, 3.8) is 0 Å². The van der Waals surface area contributed by atoms with E-state index in [1.54, 1.807) is 6.07 Å². The van der Waals surface area contributed by atoms with E-state index in [1.165, 1.54) is 26.4 Å². The van der Waals surface area contributed by atoms with Crippen LogP contribution in [0.15, 0.2) is 18.2 Å². The molecule has 0 aliphatic rings. The molecule has 1 rings (SSSR count). The highest BCUT2D eigenvalue weighted by Gasteiger charge is 2.05. The van der Waals surface area contributed by atoms with E-state index in [2.05, 4.69) is 5.32 Å². The van der Waals surface area contributed by atoms with Crippen molar-refractivity contribution < 1.29 is 13.9 Å². The fourth-order valence-electron chi connectivity index (χ4n) is 1.12. The third-order valence-electron chi connectivity index (χ3n) is 1.86. The maximum absolute atomic E-state index is 12.9. The van der Waals surface area contributed by atoms with E-state index in [9.17, 15) is 4.39 Å². The van der Waals surface area contributed by atoms with Gasteiger partial charge in [0.15, 0.2) is 6.29 Å². The van der Waals surface area contributed by atoms with Crippen LogP contribution in [0, 0.1) is 5.82 Å². The molecule has 0 saturated carbocycles. The Morgan fingerprint density at radius 1 is 1.33 bits per heavy atom. The number of hydrogen-bond acceptors (Lipinski definition) is 3. The first-order valence-electron chi connectivity index (χ1n) is 4.41. The highest BCUT2D eigenvalue weighted by atomic mass is 35.5. The van der Waals surface area contributed by atoms with Gasteiger partial charge in [0.2, 0.25) is 0 Å². The Labute approximate surface area is 93.1 Å². The zero-order valence-corrected chi connectivity index (χ0v) is 9.34. The molecule has 0 saturated heterocycles. The second kappa shape index (κ2) is 5.90. The fourth-order valence-corrected chi connectivity index (χ4v) is 1.34. The number of anilines is 1. The molecule has 0 bridgehead atoms. The quantitative estimate of drug-likeness (QED) is 0.793. The second-order valence-electron chi connectivity index (χ2n) is 2.94. The molecule has 0 radical (unpaired) electrons. The predicted molar refractivity (Wildman–Crippen MR) is 57.7 cm³/mol. The number of rotatable bonds is 5. The highest BCUT2D eigenvalue weighted by molar-refractivity contribution is 6.30. The Hall–Kier alpha value is -0.840. The van der Waals surface area contributed by atoms with Gasteiger partial charge in [0.05, 0.1) is 6.54 Å². The molecule has 0 aliphatic carbocycles. The monoisotopic (exact) mass is 233 g/mol. The molecule has 0 fully saturated rings. The molecule has 0 amide bonds. The molecule has 1 aromatic rings. The smallest absolute Gasteiger partial charge is 0.173 e. The van der Waals surface area contributed by atoms with E-state index in [0.29, 0.717) is 17.3 Å². The summed E-state index contributed by atoms with van der Waals surface area (Å²) in [4.78, 5) is 0. The maximum Gasteiger partial charge on any atom is 0.173 e. The number of hydrogen-bond donors (Lipinski definition) is 1. The molecule has 84 valence electrons. The summed E-state index contributed by atoms with van der Waals surface area (Å²) in [5.41, 5.74) is 0.596. The van der Waals surface area contributed by atoms with E-state index >= 15 is 0 Å². The SMILES string of the molecule is COC(CNc1cc(F)cc(Cl)c1)OC. The van der Waals surface area contributed by atoms with Gasteiger partial charge in [-0.05, 0) is 18.2 Å². The van der Waals surface area contributed by atoms with E-state index < -0.39 is 0 Å². The molecule has 5 heteroatoms. The Bertz CT molecular complexity index is 298. The molecular formula is C10H13ClFNO2. The number of ether oxygens (including phenoxy) is 2. The van der Waals surface area contributed by atoms with Crippen molar-refractivity contribution in [3.05, 3.63) is 29.0 Å². The van der Waals surface area contributed by atoms with E-state index in [-0.39, 0.29) is 12.1 Å². The van der Waals surface area contributed by atoms with Gasteiger partial charge in [0.1, 0.15) is 5.82 Å². The van der Waals surface area contributed by atoms with E-state index in [0.717, 1.165) is 0 Å². The van der Waals surface area contributed by atoms with Crippen molar-refractivity contribution in [2.24, 2.45) is 0 Å². The van der Waals surface area contributed by atoms with Crippen molar-refractivity contribution in [2.45, 2.75) is 6.29 Å². The summed E-state index contributed by atoms with van der Waals surface area (Å²) in [5.74, 6) is -0.378. The molecule has 0 unspecified atom stereocenters. The first-order chi connectivity index (χ1) is 7.15. The van der Waals surface area contributed by atoms with Crippen molar-refractivity contribution >= 4 is 17.3 Å². The van der Waals surface area contributed by atoms with Gasteiger partial charge in [-0.25, -0.2) is 4.39 Å². The Kier molecular flexibility index (Phi) is 4.81. The van der Waals surface area contributed by atoms with Gasteiger partial charge < -0.3 is 14.8 Å². The lowest BCUT2D eigenvalue weighted by Gasteiger charge is -2.15. The van der Waals surface area contributed by atoms with Gasteiger partial charge >= 0.3 is 0 Å². The Balaban J connectivity index is 2.57. The van der Waals surface area contributed by atoms with E-state index in [4.69, 9.17) is 21.1 Å². The minimum atomic E-state index is -0.378. The van der Waals surface area contributed by atoms with Gasteiger partial charge in [-0.2, -0.15) is 0 Å². The van der Waals surface area contributed by atoms with E-state index in [1.807, 2.05) is 0 Å². The molecule has 1 aromatic carbocycles. The predicted octanol–water partition coefficient (Wildman–Crippen LogP) is 2.51. The van der Waals surface area contributed by atoms with Crippen molar-refractivity contribution in [3.8, 4) is 0 Å². The third-order valence-corrected chi connectivity index (χ3v) is 2.08. The van der Waals surface area contributed by atoms with Crippen LogP contribution >= 0.6 is 11.6 Å². The maximum atomic E-state index is 12.9. The van der Waals surface area contributed by atoms with Crippen LogP contribution in [0.1, 0.15) is 0 Å². The lowest BCUT2D eigenvalue weighted by Crippen LogP contribution is -2.23. The van der Waals surface area contributed by atoms with Gasteiger partial charge in [-0.1, -0.05) is 11.6 Å². The van der Waals surface area contributed by atoms with Crippen LogP contribution in [0.5, 0.6) is 0 Å². The van der Waals surface area contributed by atoms with Crippen molar-refractivity contribution in [2.75, 3.05) is 26.1 Å². The topological polar surface area (TPSA) is 30.5 Å². The lowest BCUT2D eigenvalue weighted by molar-refractivity contribution is -0.0914. The van der Waals surface area contributed by atoms with Crippen LogP contribution in [0.3, 0.4) is 0 Å². The number of halogens is 2. The zero-order chi connectivity index (χ0) is 11.3. The number of nitrogens with one attached hydrogen (secondary N) is 1. The molecule has 0 heterocycles. The van der Waals surface area contributed by atoms with Crippen molar-refractivity contribution in [1.82, 2.24) is 0 Å². The van der Waals surface area contributed by atoms with Crippen molar-refractivity contribution in [1.29, 1.82) is 0 Å².